The predicted octanol–water partition coefficient (Wildman–Crippen LogP) is 4.79. The third-order valence-corrected chi connectivity index (χ3v) is 5.82. The van der Waals surface area contributed by atoms with Crippen LogP contribution in [0.4, 0.5) is 11.5 Å². The van der Waals surface area contributed by atoms with Crippen molar-refractivity contribution in [2.75, 3.05) is 25.0 Å². The second kappa shape index (κ2) is 8.63. The molecule has 3 heterocycles. The van der Waals surface area contributed by atoms with E-state index in [1.54, 1.807) is 6.33 Å². The van der Waals surface area contributed by atoms with Gasteiger partial charge in [0.25, 0.3) is 0 Å². The van der Waals surface area contributed by atoms with Gasteiger partial charge in [0, 0.05) is 17.8 Å². The highest BCUT2D eigenvalue weighted by Crippen LogP contribution is 2.32. The quantitative estimate of drug-likeness (QED) is 0.489. The van der Waals surface area contributed by atoms with Crippen molar-refractivity contribution < 1.29 is 0 Å². The van der Waals surface area contributed by atoms with Crippen molar-refractivity contribution in [3.05, 3.63) is 66.5 Å². The van der Waals surface area contributed by atoms with Gasteiger partial charge in [-0.05, 0) is 44.0 Å². The Morgan fingerprint density at radius 3 is 2.57 bits per heavy atom. The molecule has 6 heteroatoms. The Morgan fingerprint density at radius 1 is 0.900 bits per heavy atom. The van der Waals surface area contributed by atoms with Crippen LogP contribution in [0.1, 0.15) is 24.8 Å². The van der Waals surface area contributed by atoms with E-state index in [1.165, 1.54) is 37.9 Å². The number of fused-ring (bicyclic) bond motifs is 1. The Balaban J connectivity index is 1.44. The molecule has 0 atom stereocenters. The number of likely N-dealkylation sites (tertiary alicyclic amines) is 1. The maximum Gasteiger partial charge on any atom is 0.161 e. The average Bonchev–Trinajstić information content (AvgIpc) is 3.25. The number of benzene rings is 2. The van der Waals surface area contributed by atoms with E-state index in [0.717, 1.165) is 46.8 Å². The van der Waals surface area contributed by atoms with E-state index in [4.69, 9.17) is 0 Å². The normalized spacial score (nSPS) is 14.8. The maximum atomic E-state index is 4.56. The molecule has 152 valence electrons. The van der Waals surface area contributed by atoms with Crippen molar-refractivity contribution in [2.45, 2.75) is 25.7 Å². The highest BCUT2D eigenvalue weighted by molar-refractivity contribution is 5.99. The van der Waals surface area contributed by atoms with Crippen molar-refractivity contribution in [3.8, 4) is 11.3 Å². The SMILES string of the molecule is c1ccc(-c2n[nH]c3ncnc(Nc4ccccc4CCN4CCCCC4)c23)cc1. The second-order valence-electron chi connectivity index (χ2n) is 7.82. The summed E-state index contributed by atoms with van der Waals surface area (Å²) in [7, 11) is 0. The second-order valence-corrected chi connectivity index (χ2v) is 7.82. The number of H-pyrrole nitrogens is 1. The lowest BCUT2D eigenvalue weighted by molar-refractivity contribution is 0.231. The third-order valence-electron chi connectivity index (χ3n) is 5.82. The number of nitrogens with one attached hydrogen (secondary N) is 2. The number of para-hydroxylation sites is 1. The zero-order valence-electron chi connectivity index (χ0n) is 17.0. The lowest BCUT2D eigenvalue weighted by atomic mass is 10.1. The maximum absolute atomic E-state index is 4.56. The molecular formula is C24H26N6. The monoisotopic (exact) mass is 398 g/mol. The number of hydrogen-bond acceptors (Lipinski definition) is 5. The summed E-state index contributed by atoms with van der Waals surface area (Å²) in [5.74, 6) is 0.776. The number of piperidine rings is 1. The van der Waals surface area contributed by atoms with Gasteiger partial charge < -0.3 is 10.2 Å². The molecule has 2 aromatic carbocycles. The van der Waals surface area contributed by atoms with Gasteiger partial charge in [0.1, 0.15) is 17.8 Å². The summed E-state index contributed by atoms with van der Waals surface area (Å²) >= 11 is 0. The van der Waals surface area contributed by atoms with Crippen LogP contribution in [0.3, 0.4) is 0 Å². The summed E-state index contributed by atoms with van der Waals surface area (Å²) in [6.07, 6.45) is 6.61. The average molecular weight is 399 g/mol. The number of hydrogen-bond donors (Lipinski definition) is 2. The van der Waals surface area contributed by atoms with Crippen molar-refractivity contribution >= 4 is 22.5 Å². The molecular weight excluding hydrogens is 372 g/mol. The summed E-state index contributed by atoms with van der Waals surface area (Å²) in [4.78, 5) is 11.5. The Hall–Kier alpha value is -3.25. The van der Waals surface area contributed by atoms with Crippen LogP contribution in [-0.4, -0.2) is 44.7 Å². The molecule has 0 amide bonds. The van der Waals surface area contributed by atoms with E-state index in [1.807, 2.05) is 18.2 Å². The van der Waals surface area contributed by atoms with Gasteiger partial charge in [-0.25, -0.2) is 9.97 Å². The minimum Gasteiger partial charge on any atom is -0.339 e. The predicted molar refractivity (Wildman–Crippen MR) is 121 cm³/mol. The highest BCUT2D eigenvalue weighted by atomic mass is 15.2. The fraction of sp³-hybridized carbons (Fsp3) is 0.292. The third kappa shape index (κ3) is 3.91. The van der Waals surface area contributed by atoms with Crippen molar-refractivity contribution in [3.63, 3.8) is 0 Å². The fourth-order valence-electron chi connectivity index (χ4n) is 4.21. The van der Waals surface area contributed by atoms with Gasteiger partial charge in [-0.3, -0.25) is 5.10 Å². The van der Waals surface area contributed by atoms with E-state index < -0.39 is 0 Å². The molecule has 2 aromatic heterocycles. The first-order chi connectivity index (χ1) is 14.9. The Morgan fingerprint density at radius 2 is 1.70 bits per heavy atom. The van der Waals surface area contributed by atoms with Crippen molar-refractivity contribution in [1.82, 2.24) is 25.1 Å². The standard InChI is InChI=1S/C24H26N6/c1-3-10-19(11-4-1)22-21-23(25-17-26-24(21)29-28-22)27-20-12-6-5-9-18(20)13-16-30-14-7-2-8-15-30/h1,3-6,9-12,17H,2,7-8,13-16H2,(H2,25,26,27,28,29). The number of nitrogens with zero attached hydrogens (tertiary/aromatic N) is 4. The van der Waals surface area contributed by atoms with Crippen LogP contribution in [0.2, 0.25) is 0 Å². The van der Waals surface area contributed by atoms with E-state index in [0.29, 0.717) is 0 Å². The van der Waals surface area contributed by atoms with Crippen LogP contribution in [0, 0.1) is 0 Å². The zero-order valence-corrected chi connectivity index (χ0v) is 17.0. The van der Waals surface area contributed by atoms with Crippen LogP contribution in [0.15, 0.2) is 60.9 Å². The summed E-state index contributed by atoms with van der Waals surface area (Å²) in [6.45, 7) is 3.54. The Labute approximate surface area is 176 Å². The van der Waals surface area contributed by atoms with E-state index in [2.05, 4.69) is 66.8 Å². The molecule has 30 heavy (non-hydrogen) atoms. The van der Waals surface area contributed by atoms with Crippen molar-refractivity contribution in [1.29, 1.82) is 0 Å². The van der Waals surface area contributed by atoms with Crippen molar-refractivity contribution in [2.24, 2.45) is 0 Å². The van der Waals surface area contributed by atoms with Gasteiger partial charge in [-0.15, -0.1) is 0 Å². The molecule has 0 unspecified atom stereocenters. The first-order valence-corrected chi connectivity index (χ1v) is 10.7. The van der Waals surface area contributed by atoms with E-state index in [9.17, 15) is 0 Å². The van der Waals surface area contributed by atoms with Gasteiger partial charge in [0.2, 0.25) is 0 Å². The van der Waals surface area contributed by atoms with Gasteiger partial charge in [-0.2, -0.15) is 5.10 Å². The van der Waals surface area contributed by atoms with E-state index in [-0.39, 0.29) is 0 Å². The fourth-order valence-corrected chi connectivity index (χ4v) is 4.21. The first-order valence-electron chi connectivity index (χ1n) is 10.7. The summed E-state index contributed by atoms with van der Waals surface area (Å²) in [5.41, 5.74) is 5.03. The van der Waals surface area contributed by atoms with Gasteiger partial charge in [0.15, 0.2) is 5.65 Å². The number of aromatic nitrogens is 4. The molecule has 1 aliphatic rings. The lowest BCUT2D eigenvalue weighted by Gasteiger charge is -2.26. The van der Waals surface area contributed by atoms with Crippen LogP contribution < -0.4 is 5.32 Å². The molecule has 4 aromatic rings. The van der Waals surface area contributed by atoms with E-state index >= 15 is 0 Å². The van der Waals surface area contributed by atoms with Gasteiger partial charge in [-0.1, -0.05) is 55.0 Å². The molecule has 1 fully saturated rings. The molecule has 0 saturated carbocycles. The summed E-state index contributed by atoms with van der Waals surface area (Å²) < 4.78 is 0. The zero-order chi connectivity index (χ0) is 20.2. The summed E-state index contributed by atoms with van der Waals surface area (Å²) in [6, 6.07) is 18.7. The Kier molecular flexibility index (Phi) is 5.40. The first kappa shape index (κ1) is 18.8. The minimum absolute atomic E-state index is 0.733. The molecule has 0 aliphatic carbocycles. The molecule has 5 rings (SSSR count). The highest BCUT2D eigenvalue weighted by Gasteiger charge is 2.16. The topological polar surface area (TPSA) is 69.7 Å². The van der Waals surface area contributed by atoms with Crippen LogP contribution in [-0.2, 0) is 6.42 Å². The smallest absolute Gasteiger partial charge is 0.161 e. The molecule has 0 bridgehead atoms. The molecule has 6 nitrogen and oxygen atoms in total. The molecule has 1 saturated heterocycles. The van der Waals surface area contributed by atoms with Crippen LogP contribution >= 0.6 is 0 Å². The lowest BCUT2D eigenvalue weighted by Crippen LogP contribution is -2.31. The molecule has 0 radical (unpaired) electrons. The minimum atomic E-state index is 0.733. The summed E-state index contributed by atoms with van der Waals surface area (Å²) in [5, 5.41) is 12.0. The Bertz CT molecular complexity index is 1110. The largest absolute Gasteiger partial charge is 0.339 e. The molecule has 0 spiro atoms. The van der Waals surface area contributed by atoms with Gasteiger partial charge in [0.05, 0.1) is 5.39 Å². The number of aromatic amines is 1. The molecule has 2 N–H and O–H groups in total. The van der Waals surface area contributed by atoms with Gasteiger partial charge >= 0.3 is 0 Å². The number of rotatable bonds is 6. The van der Waals surface area contributed by atoms with Crippen LogP contribution in [0.25, 0.3) is 22.3 Å². The molecule has 1 aliphatic heterocycles. The van der Waals surface area contributed by atoms with Crippen LogP contribution in [0.5, 0.6) is 0 Å². The number of anilines is 2.